The summed E-state index contributed by atoms with van der Waals surface area (Å²) in [6.07, 6.45) is 1.63. The molecule has 0 bridgehead atoms. The van der Waals surface area contributed by atoms with E-state index in [0.717, 1.165) is 10.5 Å². The summed E-state index contributed by atoms with van der Waals surface area (Å²) in [7, 11) is 1.56. The van der Waals surface area contributed by atoms with Crippen LogP contribution in [-0.4, -0.2) is 30.1 Å². The fourth-order valence-corrected chi connectivity index (χ4v) is 4.58. The molecule has 0 aliphatic carbocycles. The van der Waals surface area contributed by atoms with Gasteiger partial charge in [0.1, 0.15) is 11.4 Å². The first kappa shape index (κ1) is 28.2. The molecule has 3 N–H and O–H groups in total. The molecule has 0 saturated heterocycles. The fourth-order valence-electron chi connectivity index (χ4n) is 3.71. The number of ether oxygens (including phenoxy) is 1. The summed E-state index contributed by atoms with van der Waals surface area (Å²) in [6, 6.07) is 32.4. The molecule has 202 valence electrons. The Labute approximate surface area is 237 Å². The molecule has 0 aliphatic rings. The van der Waals surface area contributed by atoms with Crippen LogP contribution in [0.3, 0.4) is 0 Å². The molecular formula is C32H29N3O4S. The Morgan fingerprint density at radius 3 is 2.08 bits per heavy atom. The van der Waals surface area contributed by atoms with E-state index in [4.69, 9.17) is 4.74 Å². The van der Waals surface area contributed by atoms with E-state index < -0.39 is 5.91 Å². The first-order valence-electron chi connectivity index (χ1n) is 12.6. The van der Waals surface area contributed by atoms with Crippen molar-refractivity contribution in [3.8, 4) is 5.75 Å². The van der Waals surface area contributed by atoms with Crippen molar-refractivity contribution in [1.82, 2.24) is 5.32 Å². The predicted octanol–water partition coefficient (Wildman–Crippen LogP) is 6.22. The highest BCUT2D eigenvalue weighted by atomic mass is 32.2. The maximum Gasteiger partial charge on any atom is 0.272 e. The number of hydrogen-bond acceptors (Lipinski definition) is 5. The number of nitrogens with one attached hydrogen (secondary N) is 3. The van der Waals surface area contributed by atoms with Crippen LogP contribution in [0, 0.1) is 0 Å². The fraction of sp³-hybridized carbons (Fsp3) is 0.0938. The van der Waals surface area contributed by atoms with Gasteiger partial charge in [0, 0.05) is 16.1 Å². The minimum Gasteiger partial charge on any atom is -0.495 e. The lowest BCUT2D eigenvalue weighted by molar-refractivity contribution is -0.115. The standard InChI is InChI=1S/C32H29N3O4S/c1-22(30(36)34-27-15-9-10-16-29(27)39-2)40-26-19-17-25(18-20-26)33-32(38)28(21-23-11-5-3-6-12-23)35-31(37)24-13-7-4-8-14-24/h3-22H,1-2H3,(H,33,38)(H,34,36)(H,35,37)/b28-21-. The average Bonchev–Trinajstić information content (AvgIpc) is 2.99. The molecule has 7 nitrogen and oxygen atoms in total. The van der Waals surface area contributed by atoms with Crippen molar-refractivity contribution >= 4 is 46.9 Å². The molecule has 40 heavy (non-hydrogen) atoms. The van der Waals surface area contributed by atoms with E-state index in [0.29, 0.717) is 22.7 Å². The van der Waals surface area contributed by atoms with Crippen LogP contribution in [0.15, 0.2) is 120 Å². The van der Waals surface area contributed by atoms with Gasteiger partial charge in [-0.15, -0.1) is 11.8 Å². The molecule has 4 aromatic carbocycles. The summed E-state index contributed by atoms with van der Waals surface area (Å²) in [5.74, 6) is -0.409. The Balaban J connectivity index is 1.41. The Kier molecular flexibility index (Phi) is 9.74. The van der Waals surface area contributed by atoms with Crippen molar-refractivity contribution in [3.05, 3.63) is 126 Å². The smallest absolute Gasteiger partial charge is 0.272 e. The van der Waals surface area contributed by atoms with Gasteiger partial charge in [-0.2, -0.15) is 0 Å². The summed E-state index contributed by atoms with van der Waals surface area (Å²) in [6.45, 7) is 1.82. The van der Waals surface area contributed by atoms with E-state index in [1.54, 1.807) is 61.7 Å². The first-order valence-corrected chi connectivity index (χ1v) is 13.5. The highest BCUT2D eigenvalue weighted by Crippen LogP contribution is 2.28. The highest BCUT2D eigenvalue weighted by molar-refractivity contribution is 8.00. The Hall–Kier alpha value is -4.82. The molecular weight excluding hydrogens is 522 g/mol. The van der Waals surface area contributed by atoms with Crippen LogP contribution in [-0.2, 0) is 9.59 Å². The average molecular weight is 552 g/mol. The molecule has 1 atom stereocenters. The van der Waals surface area contributed by atoms with E-state index in [1.165, 1.54) is 11.8 Å². The van der Waals surface area contributed by atoms with Gasteiger partial charge in [-0.3, -0.25) is 14.4 Å². The van der Waals surface area contributed by atoms with Gasteiger partial charge in [0.2, 0.25) is 5.91 Å². The number of benzene rings is 4. The Morgan fingerprint density at radius 1 is 0.775 bits per heavy atom. The van der Waals surface area contributed by atoms with Crippen LogP contribution in [0.5, 0.6) is 5.75 Å². The van der Waals surface area contributed by atoms with Crippen molar-refractivity contribution in [2.45, 2.75) is 17.1 Å². The van der Waals surface area contributed by atoms with Crippen molar-refractivity contribution < 1.29 is 19.1 Å². The SMILES string of the molecule is COc1ccccc1NC(=O)C(C)Sc1ccc(NC(=O)/C(=C/c2ccccc2)NC(=O)c2ccccc2)cc1. The predicted molar refractivity (Wildman–Crippen MR) is 160 cm³/mol. The second-order valence-electron chi connectivity index (χ2n) is 8.72. The van der Waals surface area contributed by atoms with Crippen LogP contribution in [0.2, 0.25) is 0 Å². The number of hydrogen-bond donors (Lipinski definition) is 3. The van der Waals surface area contributed by atoms with Crippen LogP contribution < -0.4 is 20.7 Å². The number of amides is 3. The normalized spacial score (nSPS) is 11.7. The highest BCUT2D eigenvalue weighted by Gasteiger charge is 2.17. The van der Waals surface area contributed by atoms with Crippen LogP contribution in [0.1, 0.15) is 22.8 Å². The third-order valence-corrected chi connectivity index (χ3v) is 6.91. The summed E-state index contributed by atoms with van der Waals surface area (Å²) in [5, 5.41) is 8.10. The van der Waals surface area contributed by atoms with Crippen molar-refractivity contribution in [3.63, 3.8) is 0 Å². The second-order valence-corrected chi connectivity index (χ2v) is 10.1. The topological polar surface area (TPSA) is 96.5 Å². The zero-order valence-electron chi connectivity index (χ0n) is 22.1. The number of methoxy groups -OCH3 is 1. The molecule has 0 aromatic heterocycles. The van der Waals surface area contributed by atoms with Gasteiger partial charge in [0.15, 0.2) is 0 Å². The maximum absolute atomic E-state index is 13.2. The third-order valence-electron chi connectivity index (χ3n) is 5.80. The minimum atomic E-state index is -0.460. The monoisotopic (exact) mass is 551 g/mol. The van der Waals surface area contributed by atoms with E-state index in [1.807, 2.05) is 67.6 Å². The summed E-state index contributed by atoms with van der Waals surface area (Å²) in [4.78, 5) is 39.6. The van der Waals surface area contributed by atoms with E-state index >= 15 is 0 Å². The molecule has 0 radical (unpaired) electrons. The number of rotatable bonds is 10. The second kappa shape index (κ2) is 13.8. The molecule has 4 rings (SSSR count). The van der Waals surface area contributed by atoms with Crippen molar-refractivity contribution in [2.24, 2.45) is 0 Å². The largest absolute Gasteiger partial charge is 0.495 e. The van der Waals surface area contributed by atoms with Crippen LogP contribution in [0.4, 0.5) is 11.4 Å². The lowest BCUT2D eigenvalue weighted by atomic mass is 10.1. The summed E-state index contributed by atoms with van der Waals surface area (Å²) in [5.41, 5.74) is 2.49. The lowest BCUT2D eigenvalue weighted by Crippen LogP contribution is -2.30. The Morgan fingerprint density at radius 2 is 1.40 bits per heavy atom. The Bertz CT molecular complexity index is 1490. The molecule has 0 fully saturated rings. The van der Waals surface area contributed by atoms with E-state index in [9.17, 15) is 14.4 Å². The van der Waals surface area contributed by atoms with Gasteiger partial charge < -0.3 is 20.7 Å². The van der Waals surface area contributed by atoms with Crippen molar-refractivity contribution in [2.75, 3.05) is 17.7 Å². The molecule has 0 spiro atoms. The molecule has 4 aromatic rings. The number of para-hydroxylation sites is 2. The van der Waals surface area contributed by atoms with E-state index in [2.05, 4.69) is 16.0 Å². The first-order chi connectivity index (χ1) is 19.4. The quantitative estimate of drug-likeness (QED) is 0.161. The zero-order valence-corrected chi connectivity index (χ0v) is 22.9. The number of anilines is 2. The molecule has 0 aliphatic heterocycles. The molecule has 0 saturated carbocycles. The number of carbonyl (C=O) groups excluding carboxylic acids is 3. The van der Waals surface area contributed by atoms with Gasteiger partial charge in [0.05, 0.1) is 18.0 Å². The number of carbonyl (C=O) groups is 3. The maximum atomic E-state index is 13.2. The summed E-state index contributed by atoms with van der Waals surface area (Å²) < 4.78 is 5.30. The molecule has 1 unspecified atom stereocenters. The van der Waals surface area contributed by atoms with Gasteiger partial charge >= 0.3 is 0 Å². The third kappa shape index (κ3) is 7.85. The number of thioether (sulfide) groups is 1. The molecule has 8 heteroatoms. The van der Waals surface area contributed by atoms with Crippen LogP contribution in [0.25, 0.3) is 6.08 Å². The van der Waals surface area contributed by atoms with Gasteiger partial charge in [-0.1, -0.05) is 60.7 Å². The lowest BCUT2D eigenvalue weighted by Gasteiger charge is -2.15. The minimum absolute atomic E-state index is 0.111. The van der Waals surface area contributed by atoms with E-state index in [-0.39, 0.29) is 22.8 Å². The van der Waals surface area contributed by atoms with Crippen molar-refractivity contribution in [1.29, 1.82) is 0 Å². The van der Waals surface area contributed by atoms with Crippen LogP contribution >= 0.6 is 11.8 Å². The molecule has 0 heterocycles. The summed E-state index contributed by atoms with van der Waals surface area (Å²) >= 11 is 1.39. The van der Waals surface area contributed by atoms with Gasteiger partial charge in [-0.25, -0.2) is 0 Å². The molecule has 3 amide bonds. The van der Waals surface area contributed by atoms with Gasteiger partial charge in [-0.05, 0) is 67.1 Å². The van der Waals surface area contributed by atoms with Gasteiger partial charge in [0.25, 0.3) is 11.8 Å². The zero-order chi connectivity index (χ0) is 28.3.